The first-order chi connectivity index (χ1) is 11.5. The van der Waals surface area contributed by atoms with Crippen LogP contribution in [-0.4, -0.2) is 31.9 Å². The van der Waals surface area contributed by atoms with Gasteiger partial charge in [-0.2, -0.15) is 5.10 Å². The third-order valence-corrected chi connectivity index (χ3v) is 4.58. The Hall–Kier alpha value is -3.09. The van der Waals surface area contributed by atoms with Crippen molar-refractivity contribution in [2.45, 2.75) is 6.42 Å². The number of aryl methyl sites for hydroxylation is 2. The molecule has 122 valence electrons. The second kappa shape index (κ2) is 4.95. The van der Waals surface area contributed by atoms with Crippen LogP contribution in [0.4, 0.5) is 5.69 Å². The SMILES string of the molecule is Cn1ncc2c(O)c(C(=O)N3CCc4ccccc43)c(=O)n(C)c21. The fourth-order valence-corrected chi connectivity index (χ4v) is 3.37. The molecule has 0 bridgehead atoms. The van der Waals surface area contributed by atoms with Crippen LogP contribution in [0.1, 0.15) is 15.9 Å². The minimum atomic E-state index is -0.530. The molecule has 1 amide bonds. The number of aromatic nitrogens is 3. The molecule has 0 saturated carbocycles. The molecule has 1 aromatic carbocycles. The van der Waals surface area contributed by atoms with E-state index in [1.807, 2.05) is 24.3 Å². The van der Waals surface area contributed by atoms with Crippen LogP contribution >= 0.6 is 0 Å². The lowest BCUT2D eigenvalue weighted by Crippen LogP contribution is -2.35. The summed E-state index contributed by atoms with van der Waals surface area (Å²) in [4.78, 5) is 27.2. The molecule has 4 rings (SSSR count). The van der Waals surface area contributed by atoms with E-state index in [9.17, 15) is 14.7 Å². The van der Waals surface area contributed by atoms with Gasteiger partial charge in [-0.15, -0.1) is 0 Å². The number of fused-ring (bicyclic) bond motifs is 2. The van der Waals surface area contributed by atoms with Crippen LogP contribution < -0.4 is 10.5 Å². The Balaban J connectivity index is 1.92. The minimum Gasteiger partial charge on any atom is -0.506 e. The van der Waals surface area contributed by atoms with Gasteiger partial charge >= 0.3 is 0 Å². The number of benzene rings is 1. The second-order valence-corrected chi connectivity index (χ2v) is 5.93. The van der Waals surface area contributed by atoms with Crippen LogP contribution in [0.2, 0.25) is 0 Å². The predicted octanol–water partition coefficient (Wildman–Crippen LogP) is 1.18. The number of amides is 1. The Labute approximate surface area is 137 Å². The van der Waals surface area contributed by atoms with Gasteiger partial charge < -0.3 is 10.0 Å². The maximum absolute atomic E-state index is 13.0. The summed E-state index contributed by atoms with van der Waals surface area (Å²) in [5.41, 5.74) is 1.57. The van der Waals surface area contributed by atoms with Gasteiger partial charge in [0.05, 0.1) is 11.6 Å². The molecule has 0 spiro atoms. The number of aromatic hydroxyl groups is 1. The standard InChI is InChI=1S/C17H16N4O3/c1-19-15-11(9-18-20(15)2)14(22)13(16(19)23)17(24)21-8-7-10-5-3-4-6-12(10)21/h3-6,9,22H,7-8H2,1-2H3. The van der Waals surface area contributed by atoms with E-state index in [0.717, 1.165) is 17.7 Å². The zero-order valence-electron chi connectivity index (χ0n) is 13.4. The molecule has 24 heavy (non-hydrogen) atoms. The summed E-state index contributed by atoms with van der Waals surface area (Å²) in [6.45, 7) is 0.492. The monoisotopic (exact) mass is 324 g/mol. The molecule has 3 heterocycles. The van der Waals surface area contributed by atoms with Crippen molar-refractivity contribution in [3.05, 3.63) is 51.9 Å². The van der Waals surface area contributed by atoms with Gasteiger partial charge in [0.2, 0.25) is 0 Å². The van der Waals surface area contributed by atoms with Gasteiger partial charge in [0.25, 0.3) is 11.5 Å². The fourth-order valence-electron chi connectivity index (χ4n) is 3.37. The van der Waals surface area contributed by atoms with Crippen molar-refractivity contribution in [3.8, 4) is 5.75 Å². The largest absolute Gasteiger partial charge is 0.506 e. The zero-order chi connectivity index (χ0) is 17.0. The summed E-state index contributed by atoms with van der Waals surface area (Å²) in [7, 11) is 3.25. The molecule has 0 fully saturated rings. The highest BCUT2D eigenvalue weighted by Gasteiger charge is 2.31. The summed E-state index contributed by atoms with van der Waals surface area (Å²) in [6, 6.07) is 7.59. The van der Waals surface area contributed by atoms with Crippen LogP contribution in [0.25, 0.3) is 11.0 Å². The molecule has 2 aromatic heterocycles. The number of hydrogen-bond donors (Lipinski definition) is 1. The van der Waals surface area contributed by atoms with Crippen LogP contribution in [0.5, 0.6) is 5.75 Å². The molecular weight excluding hydrogens is 308 g/mol. The van der Waals surface area contributed by atoms with Crippen molar-refractivity contribution in [2.24, 2.45) is 14.1 Å². The van der Waals surface area contributed by atoms with Crippen molar-refractivity contribution in [2.75, 3.05) is 11.4 Å². The third kappa shape index (κ3) is 1.81. The minimum absolute atomic E-state index is 0.213. The summed E-state index contributed by atoms with van der Waals surface area (Å²) >= 11 is 0. The lowest BCUT2D eigenvalue weighted by Gasteiger charge is -2.18. The van der Waals surface area contributed by atoms with E-state index >= 15 is 0 Å². The molecule has 0 radical (unpaired) electrons. The van der Waals surface area contributed by atoms with E-state index in [0.29, 0.717) is 17.6 Å². The maximum atomic E-state index is 13.0. The molecule has 7 nitrogen and oxygen atoms in total. The molecule has 1 aliphatic rings. The number of rotatable bonds is 1. The molecule has 0 atom stereocenters. The average molecular weight is 324 g/mol. The first kappa shape index (κ1) is 14.5. The molecule has 3 aromatic rings. The second-order valence-electron chi connectivity index (χ2n) is 5.93. The third-order valence-electron chi connectivity index (χ3n) is 4.58. The van der Waals surface area contributed by atoms with E-state index in [2.05, 4.69) is 5.10 Å². The molecular formula is C17H16N4O3. The van der Waals surface area contributed by atoms with E-state index < -0.39 is 11.5 Å². The van der Waals surface area contributed by atoms with Crippen molar-refractivity contribution in [3.63, 3.8) is 0 Å². The first-order valence-corrected chi connectivity index (χ1v) is 7.64. The smallest absolute Gasteiger partial charge is 0.268 e. The number of pyridine rings is 1. The average Bonchev–Trinajstić information content (AvgIpc) is 3.17. The van der Waals surface area contributed by atoms with Crippen molar-refractivity contribution in [1.82, 2.24) is 14.3 Å². The molecule has 1 aliphatic heterocycles. The molecule has 1 N–H and O–H groups in total. The summed E-state index contributed by atoms with van der Waals surface area (Å²) in [5.74, 6) is -0.792. The first-order valence-electron chi connectivity index (χ1n) is 7.64. The molecule has 0 unspecified atom stereocenters. The number of hydrogen-bond acceptors (Lipinski definition) is 4. The number of carbonyl (C=O) groups is 1. The number of para-hydroxylation sites is 1. The van der Waals surface area contributed by atoms with Gasteiger partial charge in [-0.25, -0.2) is 0 Å². The summed E-state index contributed by atoms with van der Waals surface area (Å²) in [6.07, 6.45) is 2.19. The van der Waals surface area contributed by atoms with Gasteiger partial charge in [0, 0.05) is 26.3 Å². The molecule has 7 heteroatoms. The number of anilines is 1. The Bertz CT molecular complexity index is 1050. The lowest BCUT2D eigenvalue weighted by atomic mass is 10.1. The lowest BCUT2D eigenvalue weighted by molar-refractivity contribution is 0.0985. The Morgan fingerprint density at radius 2 is 2.00 bits per heavy atom. The molecule has 0 aliphatic carbocycles. The van der Waals surface area contributed by atoms with Crippen molar-refractivity contribution in [1.29, 1.82) is 0 Å². The van der Waals surface area contributed by atoms with Gasteiger partial charge in [-0.1, -0.05) is 18.2 Å². The van der Waals surface area contributed by atoms with Gasteiger partial charge in [0.15, 0.2) is 0 Å². The summed E-state index contributed by atoms with van der Waals surface area (Å²) < 4.78 is 2.84. The Morgan fingerprint density at radius 3 is 2.79 bits per heavy atom. The van der Waals surface area contributed by atoms with Crippen molar-refractivity contribution >= 4 is 22.6 Å². The van der Waals surface area contributed by atoms with Crippen LogP contribution in [0.3, 0.4) is 0 Å². The number of carbonyl (C=O) groups excluding carboxylic acids is 1. The van der Waals surface area contributed by atoms with Crippen LogP contribution in [-0.2, 0) is 20.5 Å². The van der Waals surface area contributed by atoms with Crippen molar-refractivity contribution < 1.29 is 9.90 Å². The summed E-state index contributed by atoms with van der Waals surface area (Å²) in [5, 5.41) is 15.0. The topological polar surface area (TPSA) is 80.4 Å². The highest BCUT2D eigenvalue weighted by atomic mass is 16.3. The fraction of sp³-hybridized carbons (Fsp3) is 0.235. The van der Waals surface area contributed by atoms with Crippen LogP contribution in [0.15, 0.2) is 35.3 Å². The molecule has 0 saturated heterocycles. The quantitative estimate of drug-likeness (QED) is 0.729. The van der Waals surface area contributed by atoms with Gasteiger partial charge in [-0.05, 0) is 18.1 Å². The van der Waals surface area contributed by atoms with Crippen LogP contribution in [0, 0.1) is 0 Å². The highest BCUT2D eigenvalue weighted by Crippen LogP contribution is 2.32. The predicted molar refractivity (Wildman–Crippen MR) is 89.4 cm³/mol. The Morgan fingerprint density at radius 1 is 1.25 bits per heavy atom. The zero-order valence-corrected chi connectivity index (χ0v) is 13.4. The van der Waals surface area contributed by atoms with E-state index in [4.69, 9.17) is 0 Å². The maximum Gasteiger partial charge on any atom is 0.268 e. The Kier molecular flexibility index (Phi) is 2.99. The highest BCUT2D eigenvalue weighted by molar-refractivity contribution is 6.11. The van der Waals surface area contributed by atoms with Gasteiger partial charge in [-0.3, -0.25) is 18.8 Å². The number of nitrogens with zero attached hydrogens (tertiary/aromatic N) is 4. The van der Waals surface area contributed by atoms with Gasteiger partial charge in [0.1, 0.15) is 17.0 Å². The van der Waals surface area contributed by atoms with E-state index in [1.165, 1.54) is 15.4 Å². The van der Waals surface area contributed by atoms with E-state index in [1.54, 1.807) is 19.0 Å². The normalized spacial score (nSPS) is 13.5. The van der Waals surface area contributed by atoms with E-state index in [-0.39, 0.29) is 11.3 Å².